The van der Waals surface area contributed by atoms with Gasteiger partial charge in [-0.2, -0.15) is 4.37 Å². The van der Waals surface area contributed by atoms with Gasteiger partial charge in [-0.25, -0.2) is 0 Å². The van der Waals surface area contributed by atoms with Gasteiger partial charge >= 0.3 is 0 Å². The summed E-state index contributed by atoms with van der Waals surface area (Å²) in [5, 5.41) is 3.44. The van der Waals surface area contributed by atoms with Crippen molar-refractivity contribution in [2.75, 3.05) is 10.6 Å². The number of primary amides is 1. The molecule has 0 spiro atoms. The molecule has 0 saturated carbocycles. The van der Waals surface area contributed by atoms with Crippen LogP contribution in [0.25, 0.3) is 0 Å². The van der Waals surface area contributed by atoms with Crippen molar-refractivity contribution in [2.24, 2.45) is 5.73 Å². The molecule has 0 aliphatic rings. The Balaban J connectivity index is 1.86. The number of benzene rings is 3. The highest BCUT2D eigenvalue weighted by Gasteiger charge is 2.36. The summed E-state index contributed by atoms with van der Waals surface area (Å²) in [6.07, 6.45) is 0. The Morgan fingerprint density at radius 2 is 1.71 bits per heavy atom. The lowest BCUT2D eigenvalue weighted by Gasteiger charge is -2.32. The summed E-state index contributed by atoms with van der Waals surface area (Å²) in [7, 11) is 0. The quantitative estimate of drug-likeness (QED) is 0.291. The highest BCUT2D eigenvalue weighted by Crippen LogP contribution is 2.35. The van der Waals surface area contributed by atoms with Crippen LogP contribution < -0.4 is 21.7 Å². The summed E-state index contributed by atoms with van der Waals surface area (Å²) in [5.41, 5.74) is 14.9. The van der Waals surface area contributed by atoms with Gasteiger partial charge in [0, 0.05) is 17.3 Å². The van der Waals surface area contributed by atoms with E-state index in [9.17, 15) is 14.4 Å². The van der Waals surface area contributed by atoms with Crippen molar-refractivity contribution in [3.8, 4) is 0 Å². The van der Waals surface area contributed by atoms with Crippen molar-refractivity contribution in [1.82, 2.24) is 9.69 Å². The first-order valence-electron chi connectivity index (χ1n) is 11.7. The molecule has 8 nitrogen and oxygen atoms in total. The molecule has 0 radical (unpaired) electrons. The normalized spacial score (nSPS) is 11.6. The van der Waals surface area contributed by atoms with Gasteiger partial charge in [-0.1, -0.05) is 71.8 Å². The zero-order valence-electron chi connectivity index (χ0n) is 20.8. The fraction of sp³-hybridized carbons (Fsp3) is 0.143. The summed E-state index contributed by atoms with van der Waals surface area (Å²) in [6.45, 7) is 4.05. The monoisotopic (exact) mass is 547 g/mol. The molecule has 1 heterocycles. The first-order valence-corrected chi connectivity index (χ1v) is 12.9. The maximum Gasteiger partial charge on any atom is 0.273 e. The van der Waals surface area contributed by atoms with E-state index in [1.165, 1.54) is 4.90 Å². The smallest absolute Gasteiger partial charge is 0.273 e. The van der Waals surface area contributed by atoms with E-state index in [2.05, 4.69) is 9.69 Å². The Morgan fingerprint density at radius 1 is 1.03 bits per heavy atom. The molecule has 1 aromatic heterocycles. The van der Waals surface area contributed by atoms with Crippen LogP contribution in [0.5, 0.6) is 0 Å². The molecule has 10 heteroatoms. The number of nitrogens with zero attached hydrogens (tertiary/aromatic N) is 2. The molecule has 0 unspecified atom stereocenters. The average Bonchev–Trinajstić information content (AvgIpc) is 3.29. The van der Waals surface area contributed by atoms with E-state index in [4.69, 9.17) is 23.1 Å². The summed E-state index contributed by atoms with van der Waals surface area (Å²) in [6, 6.07) is 20.6. The van der Waals surface area contributed by atoms with Crippen LogP contribution in [0.1, 0.15) is 48.5 Å². The standard InChI is InChI=1S/C28H26ClN5O3S/c1-16-8-13-21(17(2)14-16)34(28(37)25-22(30)23(26(31)35)33-38-25)24(19-9-11-20(29)12-10-19)27(36)32-15-18-6-4-3-5-7-18/h3-14,24H,15,30H2,1-2H3,(H2,31,35)(H,32,36)/t24-/m0/s1. The number of nitrogens with two attached hydrogens (primary N) is 2. The van der Waals surface area contributed by atoms with Crippen molar-refractivity contribution in [3.05, 3.63) is 111 Å². The largest absolute Gasteiger partial charge is 0.395 e. The lowest BCUT2D eigenvalue weighted by Crippen LogP contribution is -2.44. The fourth-order valence-corrected chi connectivity index (χ4v) is 4.99. The number of carbonyl (C=O) groups is 3. The molecular formula is C28H26ClN5O3S. The minimum absolute atomic E-state index is 0.00796. The maximum atomic E-state index is 14.2. The SMILES string of the molecule is Cc1ccc(N(C(=O)c2snc(C(N)=O)c2N)[C@H](C(=O)NCc2ccccc2)c2ccc(Cl)cc2)c(C)c1. The number of nitrogen functional groups attached to an aromatic ring is 1. The van der Waals surface area contributed by atoms with Crippen LogP contribution in [-0.4, -0.2) is 22.1 Å². The van der Waals surface area contributed by atoms with Crippen molar-refractivity contribution in [3.63, 3.8) is 0 Å². The molecule has 0 fully saturated rings. The Bertz CT molecular complexity index is 1490. The molecule has 3 amide bonds. The summed E-state index contributed by atoms with van der Waals surface area (Å²) in [4.78, 5) is 41.2. The molecule has 0 aliphatic carbocycles. The molecule has 4 rings (SSSR count). The molecule has 1 atom stereocenters. The molecule has 38 heavy (non-hydrogen) atoms. The van der Waals surface area contributed by atoms with Crippen LogP contribution >= 0.6 is 23.1 Å². The predicted octanol–water partition coefficient (Wildman–Crippen LogP) is 4.80. The minimum atomic E-state index is -1.09. The second-order valence-electron chi connectivity index (χ2n) is 8.76. The van der Waals surface area contributed by atoms with Crippen LogP contribution in [0.4, 0.5) is 11.4 Å². The van der Waals surface area contributed by atoms with Crippen LogP contribution in [0.15, 0.2) is 72.8 Å². The van der Waals surface area contributed by atoms with Gasteiger partial charge < -0.3 is 16.8 Å². The molecule has 3 aromatic carbocycles. The molecular weight excluding hydrogens is 522 g/mol. The number of halogens is 1. The third kappa shape index (κ3) is 5.69. The van der Waals surface area contributed by atoms with Crippen molar-refractivity contribution >= 4 is 52.2 Å². The number of aryl methyl sites for hydroxylation is 2. The van der Waals surface area contributed by atoms with E-state index < -0.39 is 23.8 Å². The van der Waals surface area contributed by atoms with Crippen molar-refractivity contribution in [2.45, 2.75) is 26.4 Å². The fourth-order valence-electron chi connectivity index (χ4n) is 4.12. The van der Waals surface area contributed by atoms with Gasteiger partial charge in [0.25, 0.3) is 11.8 Å². The zero-order valence-corrected chi connectivity index (χ0v) is 22.3. The number of carbonyl (C=O) groups excluding carboxylic acids is 3. The Hall–Kier alpha value is -4.21. The summed E-state index contributed by atoms with van der Waals surface area (Å²) < 4.78 is 3.99. The highest BCUT2D eigenvalue weighted by molar-refractivity contribution is 7.09. The number of hydrogen-bond acceptors (Lipinski definition) is 6. The summed E-state index contributed by atoms with van der Waals surface area (Å²) >= 11 is 6.90. The van der Waals surface area contributed by atoms with Gasteiger partial charge in [-0.3, -0.25) is 19.3 Å². The van der Waals surface area contributed by atoms with Gasteiger partial charge in [-0.05, 0) is 60.3 Å². The van der Waals surface area contributed by atoms with E-state index >= 15 is 0 Å². The molecule has 194 valence electrons. The molecule has 5 N–H and O–H groups in total. The average molecular weight is 548 g/mol. The molecule has 0 aliphatic heterocycles. The van der Waals surface area contributed by atoms with Crippen molar-refractivity contribution in [1.29, 1.82) is 0 Å². The van der Waals surface area contributed by atoms with Crippen LogP contribution in [0.3, 0.4) is 0 Å². The minimum Gasteiger partial charge on any atom is -0.395 e. The third-order valence-corrected chi connectivity index (χ3v) is 7.09. The lowest BCUT2D eigenvalue weighted by molar-refractivity contribution is -0.122. The van der Waals surface area contributed by atoms with Gasteiger partial charge in [0.05, 0.1) is 5.69 Å². The zero-order chi connectivity index (χ0) is 27.4. The lowest BCUT2D eigenvalue weighted by atomic mass is 10.0. The maximum absolute atomic E-state index is 14.2. The Kier molecular flexibility index (Phi) is 8.09. The van der Waals surface area contributed by atoms with Gasteiger partial charge in [-0.15, -0.1) is 0 Å². The number of anilines is 2. The van der Waals surface area contributed by atoms with Crippen LogP contribution in [0, 0.1) is 13.8 Å². The molecule has 0 bridgehead atoms. The van der Waals surface area contributed by atoms with Crippen LogP contribution in [-0.2, 0) is 11.3 Å². The molecule has 0 saturated heterocycles. The van der Waals surface area contributed by atoms with Gasteiger partial charge in [0.1, 0.15) is 10.9 Å². The van der Waals surface area contributed by atoms with Crippen LogP contribution in [0.2, 0.25) is 5.02 Å². The van der Waals surface area contributed by atoms with Gasteiger partial charge in [0.15, 0.2) is 5.69 Å². The number of hydrogen-bond donors (Lipinski definition) is 3. The first kappa shape index (κ1) is 26.8. The van der Waals surface area contributed by atoms with Crippen molar-refractivity contribution < 1.29 is 14.4 Å². The second-order valence-corrected chi connectivity index (χ2v) is 9.97. The summed E-state index contributed by atoms with van der Waals surface area (Å²) in [5.74, 6) is -1.84. The Morgan fingerprint density at radius 3 is 2.32 bits per heavy atom. The van der Waals surface area contributed by atoms with E-state index in [0.29, 0.717) is 16.3 Å². The number of rotatable bonds is 8. The van der Waals surface area contributed by atoms with E-state index in [1.54, 1.807) is 30.3 Å². The number of aromatic nitrogens is 1. The predicted molar refractivity (Wildman–Crippen MR) is 150 cm³/mol. The third-order valence-electron chi connectivity index (χ3n) is 5.99. The van der Waals surface area contributed by atoms with E-state index in [0.717, 1.165) is 28.2 Å². The van der Waals surface area contributed by atoms with Gasteiger partial charge in [0.2, 0.25) is 5.91 Å². The second kappa shape index (κ2) is 11.5. The highest BCUT2D eigenvalue weighted by atomic mass is 35.5. The first-order chi connectivity index (χ1) is 18.2. The van der Waals surface area contributed by atoms with E-state index in [-0.39, 0.29) is 22.8 Å². The molecule has 4 aromatic rings. The number of amides is 3. The topological polar surface area (TPSA) is 131 Å². The van der Waals surface area contributed by atoms with E-state index in [1.807, 2.05) is 56.3 Å². The number of nitrogens with one attached hydrogen (secondary N) is 1. The Labute approximate surface area is 229 Å².